The minimum Gasteiger partial charge on any atom is -0.254 e. The lowest BCUT2D eigenvalue weighted by Gasteiger charge is -2.35. The number of hydrazine groups is 1. The maximum Gasteiger partial charge on any atom is 0.187 e. The second-order valence-electron chi connectivity index (χ2n) is 3.53. The van der Waals surface area contributed by atoms with Gasteiger partial charge in [0.05, 0.1) is 0 Å². The molecule has 0 atom stereocenters. The Hall–Kier alpha value is -0.720. The number of nitrogens with zero attached hydrogens (tertiary/aromatic N) is 4. The van der Waals surface area contributed by atoms with Gasteiger partial charge in [-0.1, -0.05) is 0 Å². The maximum absolute atomic E-state index is 3.89. The van der Waals surface area contributed by atoms with Crippen LogP contribution >= 0.6 is 12.6 Å². The second kappa shape index (κ2) is 5.99. The van der Waals surface area contributed by atoms with Gasteiger partial charge in [-0.3, -0.25) is 5.43 Å². The summed E-state index contributed by atoms with van der Waals surface area (Å²) < 4.78 is 0. The number of thiol groups is 1. The average molecular weight is 227 g/mol. The molecule has 15 heavy (non-hydrogen) atoms. The van der Waals surface area contributed by atoms with Gasteiger partial charge < -0.3 is 0 Å². The zero-order chi connectivity index (χ0) is 11.3. The van der Waals surface area contributed by atoms with Gasteiger partial charge in [0, 0.05) is 19.1 Å². The van der Waals surface area contributed by atoms with E-state index in [1.54, 1.807) is 6.92 Å². The SMILES string of the molecule is CC(C)N1CCN1.Cc1ncnc(S)n1. The van der Waals surface area contributed by atoms with Crippen molar-refractivity contribution < 1.29 is 0 Å². The molecule has 1 fully saturated rings. The standard InChI is InChI=1S/C5H12N2.C4H5N3S/c1-5(2)7-4-3-6-7;1-3-5-2-6-4(8)7-3/h5-6H,3-4H2,1-2H3;2H,1H3,(H,5,6,7,8). The molecule has 1 aromatic heterocycles. The highest BCUT2D eigenvalue weighted by atomic mass is 32.1. The van der Waals surface area contributed by atoms with Crippen LogP contribution in [-0.2, 0) is 0 Å². The predicted molar refractivity (Wildman–Crippen MR) is 61.7 cm³/mol. The Morgan fingerprint density at radius 3 is 2.33 bits per heavy atom. The minimum atomic E-state index is 0.470. The smallest absolute Gasteiger partial charge is 0.187 e. The summed E-state index contributed by atoms with van der Waals surface area (Å²) >= 11 is 3.89. The second-order valence-corrected chi connectivity index (χ2v) is 3.93. The van der Waals surface area contributed by atoms with Crippen LogP contribution in [0.4, 0.5) is 0 Å². The van der Waals surface area contributed by atoms with E-state index in [4.69, 9.17) is 0 Å². The van der Waals surface area contributed by atoms with Crippen molar-refractivity contribution in [3.05, 3.63) is 12.2 Å². The Balaban J connectivity index is 0.000000151. The zero-order valence-electron chi connectivity index (χ0n) is 9.30. The molecule has 1 saturated heterocycles. The van der Waals surface area contributed by atoms with E-state index in [0.717, 1.165) is 6.54 Å². The molecule has 5 nitrogen and oxygen atoms in total. The quantitative estimate of drug-likeness (QED) is 0.691. The van der Waals surface area contributed by atoms with Crippen LogP contribution in [0.2, 0.25) is 0 Å². The molecule has 2 heterocycles. The molecule has 0 aliphatic carbocycles. The maximum atomic E-state index is 3.89. The van der Waals surface area contributed by atoms with Crippen molar-refractivity contribution in [2.24, 2.45) is 0 Å². The Morgan fingerprint density at radius 2 is 2.13 bits per heavy atom. The van der Waals surface area contributed by atoms with Gasteiger partial charge in [-0.05, 0) is 20.8 Å². The Labute approximate surface area is 95.7 Å². The summed E-state index contributed by atoms with van der Waals surface area (Å²) in [5.41, 5.74) is 3.18. The molecular weight excluding hydrogens is 210 g/mol. The van der Waals surface area contributed by atoms with Crippen LogP contribution in [0.1, 0.15) is 19.7 Å². The molecule has 6 heteroatoms. The topological polar surface area (TPSA) is 53.9 Å². The van der Waals surface area contributed by atoms with E-state index < -0.39 is 0 Å². The summed E-state index contributed by atoms with van der Waals surface area (Å²) in [6.07, 6.45) is 1.44. The normalized spacial score (nSPS) is 15.5. The highest BCUT2D eigenvalue weighted by Crippen LogP contribution is 1.97. The third kappa shape index (κ3) is 4.55. The van der Waals surface area contributed by atoms with Crippen molar-refractivity contribution in [1.29, 1.82) is 0 Å². The van der Waals surface area contributed by atoms with Gasteiger partial charge in [0.25, 0.3) is 0 Å². The monoisotopic (exact) mass is 227 g/mol. The van der Waals surface area contributed by atoms with E-state index in [9.17, 15) is 0 Å². The van der Waals surface area contributed by atoms with Crippen LogP contribution in [0.3, 0.4) is 0 Å². The summed E-state index contributed by atoms with van der Waals surface area (Å²) in [5.74, 6) is 0.699. The molecule has 2 rings (SSSR count). The molecule has 84 valence electrons. The first-order valence-electron chi connectivity index (χ1n) is 4.94. The first kappa shape index (κ1) is 12.4. The molecular formula is C9H17N5S. The first-order valence-corrected chi connectivity index (χ1v) is 5.39. The highest BCUT2D eigenvalue weighted by Gasteiger charge is 2.14. The largest absolute Gasteiger partial charge is 0.254 e. The number of hydrogen-bond acceptors (Lipinski definition) is 6. The average Bonchev–Trinajstić information content (AvgIpc) is 1.99. The fourth-order valence-electron chi connectivity index (χ4n) is 1.05. The van der Waals surface area contributed by atoms with Crippen molar-refractivity contribution in [3.63, 3.8) is 0 Å². The molecule has 1 N–H and O–H groups in total. The predicted octanol–water partition coefficient (Wildman–Crippen LogP) is 0.684. The number of hydrogen-bond donors (Lipinski definition) is 2. The number of aromatic nitrogens is 3. The van der Waals surface area contributed by atoms with Crippen molar-refractivity contribution in [2.45, 2.75) is 32.0 Å². The fraction of sp³-hybridized carbons (Fsp3) is 0.667. The van der Waals surface area contributed by atoms with Crippen molar-refractivity contribution in [1.82, 2.24) is 25.4 Å². The van der Waals surface area contributed by atoms with Crippen molar-refractivity contribution in [2.75, 3.05) is 13.1 Å². The van der Waals surface area contributed by atoms with Crippen LogP contribution in [0, 0.1) is 6.92 Å². The summed E-state index contributed by atoms with van der Waals surface area (Å²) in [5, 5.41) is 2.69. The molecule has 0 saturated carbocycles. The lowest BCUT2D eigenvalue weighted by Crippen LogP contribution is -2.56. The molecule has 0 spiro atoms. The summed E-state index contributed by atoms with van der Waals surface area (Å²) in [7, 11) is 0. The highest BCUT2D eigenvalue weighted by molar-refractivity contribution is 7.80. The zero-order valence-corrected chi connectivity index (χ0v) is 10.2. The number of aryl methyl sites for hydroxylation is 1. The summed E-state index contributed by atoms with van der Waals surface area (Å²) in [6, 6.07) is 0.675. The third-order valence-corrected chi connectivity index (χ3v) is 2.19. The van der Waals surface area contributed by atoms with E-state index in [2.05, 4.69) is 51.9 Å². The lowest BCUT2D eigenvalue weighted by atomic mass is 10.3. The van der Waals surface area contributed by atoms with Gasteiger partial charge in [0.2, 0.25) is 0 Å². The van der Waals surface area contributed by atoms with Crippen LogP contribution < -0.4 is 5.43 Å². The molecule has 0 amide bonds. The Kier molecular flexibility index (Phi) is 4.93. The molecule has 0 unspecified atom stereocenters. The first-order chi connectivity index (χ1) is 7.09. The minimum absolute atomic E-state index is 0.470. The molecule has 1 aliphatic rings. The van der Waals surface area contributed by atoms with Gasteiger partial charge in [-0.15, -0.1) is 12.6 Å². The molecule has 0 radical (unpaired) electrons. The Bertz CT molecular complexity index is 283. The third-order valence-electron chi connectivity index (χ3n) is 1.97. The molecule has 0 aromatic carbocycles. The number of nitrogens with one attached hydrogen (secondary N) is 1. The van der Waals surface area contributed by atoms with Crippen LogP contribution in [-0.4, -0.2) is 39.1 Å². The van der Waals surface area contributed by atoms with E-state index >= 15 is 0 Å². The van der Waals surface area contributed by atoms with Gasteiger partial charge in [0.1, 0.15) is 12.2 Å². The lowest BCUT2D eigenvalue weighted by molar-refractivity contribution is 0.0648. The summed E-state index contributed by atoms with van der Waals surface area (Å²) in [4.78, 5) is 11.3. The van der Waals surface area contributed by atoms with Crippen LogP contribution in [0.25, 0.3) is 0 Å². The van der Waals surface area contributed by atoms with Crippen molar-refractivity contribution in [3.8, 4) is 0 Å². The summed E-state index contributed by atoms with van der Waals surface area (Å²) in [6.45, 7) is 8.55. The number of rotatable bonds is 1. The van der Waals surface area contributed by atoms with E-state index in [-0.39, 0.29) is 0 Å². The van der Waals surface area contributed by atoms with Crippen LogP contribution in [0.5, 0.6) is 0 Å². The van der Waals surface area contributed by atoms with E-state index in [1.165, 1.54) is 12.9 Å². The Morgan fingerprint density at radius 1 is 1.47 bits per heavy atom. The molecule has 1 aliphatic heterocycles. The molecule has 0 bridgehead atoms. The van der Waals surface area contributed by atoms with Gasteiger partial charge in [0.15, 0.2) is 5.16 Å². The molecule has 1 aromatic rings. The van der Waals surface area contributed by atoms with E-state index in [0.29, 0.717) is 17.0 Å². The van der Waals surface area contributed by atoms with Gasteiger partial charge in [-0.25, -0.2) is 20.0 Å². The van der Waals surface area contributed by atoms with Crippen molar-refractivity contribution >= 4 is 12.6 Å². The van der Waals surface area contributed by atoms with Gasteiger partial charge in [-0.2, -0.15) is 0 Å². The van der Waals surface area contributed by atoms with E-state index in [1.807, 2.05) is 0 Å². The van der Waals surface area contributed by atoms with Gasteiger partial charge >= 0.3 is 0 Å². The van der Waals surface area contributed by atoms with Crippen LogP contribution in [0.15, 0.2) is 11.5 Å². The fourth-order valence-corrected chi connectivity index (χ4v) is 1.24.